The standard InChI is InChI=1S/C14H14F4N4O/c1-19-12(23)8-22-6-5-11(21-22)20-7-9-3-2-4-10(13(9)15)14(16,17)18/h2-6H,7-8H2,1H3,(H,19,23)(H,20,21). The molecular weight excluding hydrogens is 316 g/mol. The second kappa shape index (κ2) is 6.67. The molecule has 2 aromatic rings. The van der Waals surface area contributed by atoms with E-state index in [-0.39, 0.29) is 24.6 Å². The van der Waals surface area contributed by atoms with Crippen molar-refractivity contribution in [2.75, 3.05) is 12.4 Å². The Hall–Kier alpha value is -2.58. The Bertz CT molecular complexity index is 696. The smallest absolute Gasteiger partial charge is 0.364 e. The van der Waals surface area contributed by atoms with Crippen molar-refractivity contribution in [3.8, 4) is 0 Å². The molecule has 1 amide bonds. The molecule has 0 aliphatic heterocycles. The monoisotopic (exact) mass is 330 g/mol. The van der Waals surface area contributed by atoms with Crippen molar-refractivity contribution in [3.05, 3.63) is 47.4 Å². The first-order valence-electron chi connectivity index (χ1n) is 6.63. The number of alkyl halides is 3. The van der Waals surface area contributed by atoms with Gasteiger partial charge in [0.2, 0.25) is 5.91 Å². The van der Waals surface area contributed by atoms with Gasteiger partial charge in [0.1, 0.15) is 18.2 Å². The van der Waals surface area contributed by atoms with Gasteiger partial charge in [-0.3, -0.25) is 9.48 Å². The summed E-state index contributed by atoms with van der Waals surface area (Å²) in [6.07, 6.45) is -3.21. The lowest BCUT2D eigenvalue weighted by molar-refractivity contribution is -0.140. The molecule has 1 aromatic heterocycles. The van der Waals surface area contributed by atoms with Gasteiger partial charge in [0.05, 0.1) is 5.56 Å². The molecule has 0 fully saturated rings. The number of rotatable bonds is 5. The molecule has 0 unspecified atom stereocenters. The highest BCUT2D eigenvalue weighted by Gasteiger charge is 2.34. The van der Waals surface area contributed by atoms with Gasteiger partial charge >= 0.3 is 6.18 Å². The second-order valence-electron chi connectivity index (χ2n) is 4.70. The maximum Gasteiger partial charge on any atom is 0.419 e. The number of nitrogens with zero attached hydrogens (tertiary/aromatic N) is 2. The summed E-state index contributed by atoms with van der Waals surface area (Å²) in [6, 6.07) is 4.64. The Morgan fingerprint density at radius 3 is 2.70 bits per heavy atom. The van der Waals surface area contributed by atoms with E-state index >= 15 is 0 Å². The van der Waals surface area contributed by atoms with Gasteiger partial charge in [-0.05, 0) is 6.07 Å². The number of hydrogen-bond donors (Lipinski definition) is 2. The molecule has 0 aliphatic rings. The molecule has 0 radical (unpaired) electrons. The third kappa shape index (κ3) is 4.21. The van der Waals surface area contributed by atoms with E-state index in [9.17, 15) is 22.4 Å². The molecule has 0 atom stereocenters. The maximum atomic E-state index is 13.9. The average molecular weight is 330 g/mol. The summed E-state index contributed by atoms with van der Waals surface area (Å²) in [7, 11) is 1.49. The summed E-state index contributed by atoms with van der Waals surface area (Å²) in [5.41, 5.74) is -1.43. The largest absolute Gasteiger partial charge is 0.419 e. The summed E-state index contributed by atoms with van der Waals surface area (Å²) < 4.78 is 53.1. The Kier molecular flexibility index (Phi) is 4.87. The zero-order valence-corrected chi connectivity index (χ0v) is 12.1. The first-order chi connectivity index (χ1) is 10.8. The van der Waals surface area contributed by atoms with E-state index in [1.807, 2.05) is 0 Å². The topological polar surface area (TPSA) is 59.0 Å². The third-order valence-corrected chi connectivity index (χ3v) is 3.07. The van der Waals surface area contributed by atoms with Crippen LogP contribution in [0.4, 0.5) is 23.4 Å². The Balaban J connectivity index is 2.06. The lowest BCUT2D eigenvalue weighted by atomic mass is 10.1. The minimum Gasteiger partial charge on any atom is -0.364 e. The van der Waals surface area contributed by atoms with Crippen LogP contribution in [-0.2, 0) is 24.1 Å². The molecule has 23 heavy (non-hydrogen) atoms. The van der Waals surface area contributed by atoms with Gasteiger partial charge in [-0.2, -0.15) is 18.3 Å². The lowest BCUT2D eigenvalue weighted by Crippen LogP contribution is -2.23. The van der Waals surface area contributed by atoms with Crippen LogP contribution in [0.3, 0.4) is 0 Å². The highest BCUT2D eigenvalue weighted by molar-refractivity contribution is 5.75. The number of benzene rings is 1. The van der Waals surface area contributed by atoms with Crippen LogP contribution in [-0.4, -0.2) is 22.7 Å². The maximum absolute atomic E-state index is 13.9. The van der Waals surface area contributed by atoms with E-state index in [1.54, 1.807) is 0 Å². The molecule has 0 spiro atoms. The SMILES string of the molecule is CNC(=O)Cn1ccc(NCc2cccc(C(F)(F)F)c2F)n1. The zero-order valence-electron chi connectivity index (χ0n) is 12.1. The molecule has 2 N–H and O–H groups in total. The fraction of sp³-hybridized carbons (Fsp3) is 0.286. The van der Waals surface area contributed by atoms with Gasteiger partial charge < -0.3 is 10.6 Å². The number of amides is 1. The molecule has 0 saturated heterocycles. The molecule has 0 aliphatic carbocycles. The minimum absolute atomic E-state index is 0.0100. The summed E-state index contributed by atoms with van der Waals surface area (Å²) in [4.78, 5) is 11.2. The summed E-state index contributed by atoms with van der Waals surface area (Å²) in [5, 5.41) is 9.17. The molecule has 0 saturated carbocycles. The summed E-state index contributed by atoms with van der Waals surface area (Å²) in [5.74, 6) is -1.23. The van der Waals surface area contributed by atoms with Gasteiger partial charge in [-0.25, -0.2) is 4.39 Å². The molecule has 1 aromatic carbocycles. The zero-order chi connectivity index (χ0) is 17.0. The van der Waals surface area contributed by atoms with Crippen molar-refractivity contribution in [2.24, 2.45) is 0 Å². The number of aromatic nitrogens is 2. The number of carbonyl (C=O) groups is 1. The number of likely N-dealkylation sites (N-methyl/N-ethyl adjacent to an activating group) is 1. The van der Waals surface area contributed by atoms with Crippen molar-refractivity contribution in [2.45, 2.75) is 19.3 Å². The van der Waals surface area contributed by atoms with E-state index < -0.39 is 17.6 Å². The fourth-order valence-electron chi connectivity index (χ4n) is 1.89. The quantitative estimate of drug-likeness (QED) is 0.828. The van der Waals surface area contributed by atoms with Crippen LogP contribution >= 0.6 is 0 Å². The van der Waals surface area contributed by atoms with Gasteiger partial charge in [0, 0.05) is 31.4 Å². The number of nitrogens with one attached hydrogen (secondary N) is 2. The number of carbonyl (C=O) groups excluding carboxylic acids is 1. The molecule has 5 nitrogen and oxygen atoms in total. The van der Waals surface area contributed by atoms with E-state index in [2.05, 4.69) is 15.7 Å². The number of hydrogen-bond acceptors (Lipinski definition) is 3. The normalized spacial score (nSPS) is 11.3. The molecule has 1 heterocycles. The van der Waals surface area contributed by atoms with E-state index in [0.29, 0.717) is 11.9 Å². The first kappa shape index (κ1) is 16.8. The lowest BCUT2D eigenvalue weighted by Gasteiger charge is -2.11. The minimum atomic E-state index is -4.74. The van der Waals surface area contributed by atoms with Crippen LogP contribution in [0.25, 0.3) is 0 Å². The van der Waals surface area contributed by atoms with Gasteiger partial charge in [0.15, 0.2) is 0 Å². The first-order valence-corrected chi connectivity index (χ1v) is 6.63. The Labute approximate surface area is 129 Å². The van der Waals surface area contributed by atoms with E-state index in [0.717, 1.165) is 6.07 Å². The molecule has 9 heteroatoms. The van der Waals surface area contributed by atoms with Gasteiger partial charge in [-0.15, -0.1) is 0 Å². The highest BCUT2D eigenvalue weighted by Crippen LogP contribution is 2.32. The van der Waals surface area contributed by atoms with Gasteiger partial charge in [0.25, 0.3) is 0 Å². The number of halogens is 4. The van der Waals surface area contributed by atoms with Gasteiger partial charge in [-0.1, -0.05) is 12.1 Å². The van der Waals surface area contributed by atoms with Crippen LogP contribution < -0.4 is 10.6 Å². The molecular formula is C14H14F4N4O. The second-order valence-corrected chi connectivity index (χ2v) is 4.70. The predicted octanol–water partition coefficient (Wildman–Crippen LogP) is 2.40. The van der Waals surface area contributed by atoms with Crippen molar-refractivity contribution >= 4 is 11.7 Å². The predicted molar refractivity (Wildman–Crippen MR) is 75.0 cm³/mol. The van der Waals surface area contributed by atoms with E-state index in [1.165, 1.54) is 30.1 Å². The summed E-state index contributed by atoms with van der Waals surface area (Å²) >= 11 is 0. The number of anilines is 1. The third-order valence-electron chi connectivity index (χ3n) is 3.07. The van der Waals surface area contributed by atoms with Crippen molar-refractivity contribution in [3.63, 3.8) is 0 Å². The summed E-state index contributed by atoms with van der Waals surface area (Å²) in [6.45, 7) is -0.150. The molecule has 2 rings (SSSR count). The molecule has 124 valence electrons. The fourth-order valence-corrected chi connectivity index (χ4v) is 1.89. The Morgan fingerprint density at radius 1 is 1.30 bits per heavy atom. The van der Waals surface area contributed by atoms with Crippen LogP contribution in [0, 0.1) is 5.82 Å². The van der Waals surface area contributed by atoms with Crippen molar-refractivity contribution in [1.82, 2.24) is 15.1 Å². The van der Waals surface area contributed by atoms with Crippen LogP contribution in [0.15, 0.2) is 30.5 Å². The van der Waals surface area contributed by atoms with Crippen LogP contribution in [0.2, 0.25) is 0 Å². The van der Waals surface area contributed by atoms with Crippen LogP contribution in [0.5, 0.6) is 0 Å². The average Bonchev–Trinajstić information content (AvgIpc) is 2.92. The van der Waals surface area contributed by atoms with Crippen LogP contribution in [0.1, 0.15) is 11.1 Å². The van der Waals surface area contributed by atoms with Crippen molar-refractivity contribution in [1.29, 1.82) is 0 Å². The van der Waals surface area contributed by atoms with E-state index in [4.69, 9.17) is 0 Å². The highest BCUT2D eigenvalue weighted by atomic mass is 19.4. The Morgan fingerprint density at radius 2 is 2.04 bits per heavy atom. The van der Waals surface area contributed by atoms with Crippen molar-refractivity contribution < 1.29 is 22.4 Å². The molecule has 0 bridgehead atoms.